The molecule has 1 aromatic heterocycles. The number of carbonyl (C=O) groups excluding carboxylic acids is 1. The lowest BCUT2D eigenvalue weighted by atomic mass is 9.99. The molecule has 2 heterocycles. The van der Waals surface area contributed by atoms with Crippen molar-refractivity contribution >= 4 is 40.2 Å². The number of nitrogens with zero attached hydrogens (tertiary/aromatic N) is 2. The number of thiocarbonyl (C=S) groups is 1. The first-order valence-corrected chi connectivity index (χ1v) is 14.5. The summed E-state index contributed by atoms with van der Waals surface area (Å²) in [5.41, 5.74) is 1.65. The molecule has 0 radical (unpaired) electrons. The van der Waals surface area contributed by atoms with Gasteiger partial charge in [-0.3, -0.25) is 4.90 Å². The average Bonchev–Trinajstić information content (AvgIpc) is 3.38. The Morgan fingerprint density at radius 2 is 1.88 bits per heavy atom. The van der Waals surface area contributed by atoms with E-state index in [-0.39, 0.29) is 17.5 Å². The quantitative estimate of drug-likeness (QED) is 0.285. The van der Waals surface area contributed by atoms with Crippen LogP contribution in [0.25, 0.3) is 22.2 Å². The van der Waals surface area contributed by atoms with Crippen LogP contribution in [0.5, 0.6) is 11.5 Å². The van der Waals surface area contributed by atoms with E-state index < -0.39 is 35.9 Å². The fourth-order valence-corrected chi connectivity index (χ4v) is 5.27. The summed E-state index contributed by atoms with van der Waals surface area (Å²) >= 11 is 5.72. The topological polar surface area (TPSA) is 110 Å². The number of amides is 1. The van der Waals surface area contributed by atoms with E-state index in [1.165, 1.54) is 4.90 Å². The predicted octanol–water partition coefficient (Wildman–Crippen LogP) is 6.08. The van der Waals surface area contributed by atoms with Gasteiger partial charge < -0.3 is 24.6 Å². The Balaban J connectivity index is 1.68. The molecule has 10 heteroatoms. The zero-order valence-electron chi connectivity index (χ0n) is 24.9. The van der Waals surface area contributed by atoms with Gasteiger partial charge in [-0.2, -0.15) is 0 Å². The van der Waals surface area contributed by atoms with E-state index in [1.54, 1.807) is 27.9 Å². The van der Waals surface area contributed by atoms with E-state index in [4.69, 9.17) is 31.4 Å². The molecule has 1 amide bonds. The summed E-state index contributed by atoms with van der Waals surface area (Å²) in [6.07, 6.45) is 0.0407. The van der Waals surface area contributed by atoms with Gasteiger partial charge in [0, 0.05) is 29.5 Å². The number of pyridine rings is 1. The third kappa shape index (κ3) is 7.28. The molecule has 42 heavy (non-hydrogen) atoms. The Morgan fingerprint density at radius 1 is 1.17 bits per heavy atom. The minimum atomic E-state index is -0.992. The van der Waals surface area contributed by atoms with E-state index in [1.807, 2.05) is 68.4 Å². The third-order valence-electron chi connectivity index (χ3n) is 7.31. The van der Waals surface area contributed by atoms with Crippen LogP contribution >= 0.6 is 12.2 Å². The van der Waals surface area contributed by atoms with E-state index in [0.717, 1.165) is 16.6 Å². The summed E-state index contributed by atoms with van der Waals surface area (Å²) in [6, 6.07) is 15.8. The summed E-state index contributed by atoms with van der Waals surface area (Å²) in [5, 5.41) is 13.6. The first-order chi connectivity index (χ1) is 19.9. The summed E-state index contributed by atoms with van der Waals surface area (Å²) < 4.78 is 17.7. The van der Waals surface area contributed by atoms with Crippen molar-refractivity contribution in [2.45, 2.75) is 71.2 Å². The highest BCUT2D eigenvalue weighted by atomic mass is 32.1. The van der Waals surface area contributed by atoms with Gasteiger partial charge in [-0.1, -0.05) is 62.8 Å². The van der Waals surface area contributed by atoms with Gasteiger partial charge >= 0.3 is 12.1 Å². The number of hydrogen-bond donors (Lipinski definition) is 2. The second-order valence-corrected chi connectivity index (χ2v) is 12.0. The Hall–Kier alpha value is -3.92. The molecule has 224 valence electrons. The molecule has 1 saturated heterocycles. The third-order valence-corrected chi connectivity index (χ3v) is 7.70. The molecule has 2 N–H and O–H groups in total. The maximum Gasteiger partial charge on any atom is 0.411 e. The zero-order chi connectivity index (χ0) is 30.6. The van der Waals surface area contributed by atoms with Gasteiger partial charge in [-0.05, 0) is 38.8 Å². The van der Waals surface area contributed by atoms with Gasteiger partial charge in [0.2, 0.25) is 0 Å². The van der Waals surface area contributed by atoms with Crippen molar-refractivity contribution in [1.82, 2.24) is 15.2 Å². The summed E-state index contributed by atoms with van der Waals surface area (Å²) in [4.78, 5) is 32.0. The van der Waals surface area contributed by atoms with E-state index >= 15 is 0 Å². The van der Waals surface area contributed by atoms with E-state index in [9.17, 15) is 14.7 Å². The van der Waals surface area contributed by atoms with Crippen LogP contribution in [0.4, 0.5) is 4.79 Å². The number of aliphatic carboxylic acids is 1. The second kappa shape index (κ2) is 12.9. The molecule has 0 aliphatic carbocycles. The molecular weight excluding hydrogens is 554 g/mol. The number of carboxylic acids is 1. The maximum atomic E-state index is 13.3. The van der Waals surface area contributed by atoms with Crippen LogP contribution < -0.4 is 14.8 Å². The number of rotatable bonds is 9. The smallest absolute Gasteiger partial charge is 0.411 e. The average molecular weight is 594 g/mol. The molecule has 2 aromatic carbocycles. The number of hydrogen-bond acceptors (Lipinski definition) is 7. The van der Waals surface area contributed by atoms with Crippen LogP contribution in [0.3, 0.4) is 0 Å². The molecule has 1 fully saturated rings. The van der Waals surface area contributed by atoms with Crippen molar-refractivity contribution in [2.24, 2.45) is 5.92 Å². The van der Waals surface area contributed by atoms with Crippen LogP contribution in [0.15, 0.2) is 54.6 Å². The number of aromatic nitrogens is 1. The highest BCUT2D eigenvalue weighted by Crippen LogP contribution is 2.35. The van der Waals surface area contributed by atoms with Gasteiger partial charge in [-0.15, -0.1) is 0 Å². The van der Waals surface area contributed by atoms with Gasteiger partial charge in [0.15, 0.2) is 0 Å². The lowest BCUT2D eigenvalue weighted by Gasteiger charge is -2.30. The van der Waals surface area contributed by atoms with Crippen molar-refractivity contribution < 1.29 is 28.9 Å². The van der Waals surface area contributed by atoms with E-state index in [0.29, 0.717) is 29.9 Å². The molecule has 1 aliphatic heterocycles. The Morgan fingerprint density at radius 3 is 2.50 bits per heavy atom. The first-order valence-electron chi connectivity index (χ1n) is 14.1. The maximum absolute atomic E-state index is 13.3. The number of carbonyl (C=O) groups is 2. The number of benzene rings is 2. The predicted molar refractivity (Wildman–Crippen MR) is 166 cm³/mol. The molecule has 3 aromatic rings. The van der Waals surface area contributed by atoms with Crippen molar-refractivity contribution in [3.8, 4) is 22.8 Å². The molecule has 1 aliphatic rings. The fourth-order valence-electron chi connectivity index (χ4n) is 4.92. The van der Waals surface area contributed by atoms with E-state index in [2.05, 4.69) is 5.32 Å². The van der Waals surface area contributed by atoms with Gasteiger partial charge in [0.05, 0.1) is 35.9 Å². The molecule has 1 unspecified atom stereocenters. The monoisotopic (exact) mass is 593 g/mol. The number of methoxy groups -OCH3 is 1. The normalized spacial score (nSPS) is 18.3. The van der Waals surface area contributed by atoms with Crippen LogP contribution in [-0.4, -0.2) is 69.5 Å². The Labute approximate surface area is 252 Å². The summed E-state index contributed by atoms with van der Waals surface area (Å²) in [7, 11) is 1.61. The van der Waals surface area contributed by atoms with Crippen molar-refractivity contribution in [1.29, 1.82) is 0 Å². The van der Waals surface area contributed by atoms with Gasteiger partial charge in [0.1, 0.15) is 29.2 Å². The second-order valence-electron chi connectivity index (χ2n) is 11.6. The molecule has 4 rings (SSSR count). The van der Waals surface area contributed by atoms with Crippen molar-refractivity contribution in [3.63, 3.8) is 0 Å². The molecule has 0 bridgehead atoms. The van der Waals surface area contributed by atoms with Crippen molar-refractivity contribution in [2.75, 3.05) is 13.7 Å². The molecular formula is C32H39N3O6S. The zero-order valence-corrected chi connectivity index (χ0v) is 25.7. The fraction of sp³-hybridized carbons (Fsp3) is 0.438. The largest absolute Gasteiger partial charge is 0.497 e. The highest BCUT2D eigenvalue weighted by molar-refractivity contribution is 7.80. The minimum Gasteiger partial charge on any atom is -0.497 e. The molecule has 0 spiro atoms. The number of carboxylic acid groups (broad SMARTS) is 1. The Bertz CT molecular complexity index is 1440. The Kier molecular flexibility index (Phi) is 9.56. The number of ether oxygens (including phenoxy) is 3. The molecule has 0 saturated carbocycles. The lowest BCUT2D eigenvalue weighted by molar-refractivity contribution is -0.140. The van der Waals surface area contributed by atoms with Crippen LogP contribution in [0.2, 0.25) is 0 Å². The molecule has 9 nitrogen and oxygen atoms in total. The van der Waals surface area contributed by atoms with Crippen molar-refractivity contribution in [3.05, 3.63) is 54.6 Å². The summed E-state index contributed by atoms with van der Waals surface area (Å²) in [6.45, 7) is 9.39. The van der Waals surface area contributed by atoms with Gasteiger partial charge in [-0.25, -0.2) is 14.6 Å². The highest BCUT2D eigenvalue weighted by Gasteiger charge is 2.42. The molecule has 4 atom stereocenters. The van der Waals surface area contributed by atoms with Gasteiger partial charge in [0.25, 0.3) is 0 Å². The lowest BCUT2D eigenvalue weighted by Crippen LogP contribution is -2.52. The number of likely N-dealkylation sites (tertiary alicyclic amines) is 1. The number of fused-ring (bicyclic) bond motifs is 1. The standard InChI is InChI=1S/C32H39N3O6S/c1-7-19(2)28(30(36)37)34-29(42)26-16-22(18-35(26)31(38)41-32(3,4)5)40-27-17-24(20-11-9-8-10-12-20)33-25-15-21(39-6)13-14-23(25)27/h8-15,17,19,22,26,28H,7,16,18H2,1-6H3,(H,34,42)(H,36,37)/t19-,22+,26-,28?/m0/s1. The van der Waals surface area contributed by atoms with Crippen LogP contribution in [0.1, 0.15) is 47.5 Å². The SMILES string of the molecule is CC[C@H](C)C(NC(=S)[C@@H]1C[C@@H](Oc2cc(-c3ccccc3)nc3cc(OC)ccc23)CN1C(=O)OC(C)(C)C)C(=O)O. The first kappa shape index (κ1) is 31.0. The minimum absolute atomic E-state index is 0.166. The summed E-state index contributed by atoms with van der Waals surface area (Å²) in [5.74, 6) is 0.126. The number of nitrogens with one attached hydrogen (secondary N) is 1. The van der Waals surface area contributed by atoms with Crippen LogP contribution in [0, 0.1) is 5.92 Å². The van der Waals surface area contributed by atoms with Crippen LogP contribution in [-0.2, 0) is 9.53 Å².